The van der Waals surface area contributed by atoms with Crippen molar-refractivity contribution in [3.8, 4) is 0 Å². The minimum absolute atomic E-state index is 0.173. The number of nitrogens with zero attached hydrogens (tertiary/aromatic N) is 1. The number of methoxy groups -OCH3 is 1. The number of nitrogens with one attached hydrogen (secondary N) is 1. The quantitative estimate of drug-likeness (QED) is 0.777. The summed E-state index contributed by atoms with van der Waals surface area (Å²) >= 11 is 0. The molecule has 1 aromatic rings. The highest BCUT2D eigenvalue weighted by Crippen LogP contribution is 2.61. The Morgan fingerprint density at radius 1 is 1.35 bits per heavy atom. The number of Topliss-reactive ketones (excluding diaryl/α,β-unsaturated/α-hetero) is 1. The van der Waals surface area contributed by atoms with Crippen LogP contribution in [-0.4, -0.2) is 53.6 Å². The van der Waals surface area contributed by atoms with Crippen LogP contribution in [0.3, 0.4) is 0 Å². The molecule has 1 aliphatic carbocycles. The normalized spacial score (nSPS) is 37.0. The van der Waals surface area contributed by atoms with Gasteiger partial charge in [0.2, 0.25) is 0 Å². The Bertz CT molecular complexity index is 878. The lowest BCUT2D eigenvalue weighted by molar-refractivity contribution is -0.154. The number of piperidine rings is 1. The number of ketones is 1. The lowest BCUT2D eigenvalue weighted by Crippen LogP contribution is -2.65. The predicted molar refractivity (Wildman–Crippen MR) is 94.5 cm³/mol. The van der Waals surface area contributed by atoms with Gasteiger partial charge < -0.3 is 15.2 Å². The fourth-order valence-corrected chi connectivity index (χ4v) is 5.85. The van der Waals surface area contributed by atoms with Crippen LogP contribution in [0.4, 0.5) is 5.69 Å². The van der Waals surface area contributed by atoms with Crippen molar-refractivity contribution in [2.45, 2.75) is 36.8 Å². The number of anilines is 1. The highest BCUT2D eigenvalue weighted by molar-refractivity contribution is 5.97. The summed E-state index contributed by atoms with van der Waals surface area (Å²) in [7, 11) is 1.35. The number of esters is 1. The fraction of sp³-hybridized carbons (Fsp3) is 0.500. The molecular formula is C20H22N2O4. The molecule has 0 saturated carbocycles. The second-order valence-corrected chi connectivity index (χ2v) is 7.93. The van der Waals surface area contributed by atoms with E-state index in [0.29, 0.717) is 12.0 Å². The molecule has 2 saturated heterocycles. The maximum atomic E-state index is 12.8. The summed E-state index contributed by atoms with van der Waals surface area (Å²) in [6.45, 7) is 2.48. The average Bonchev–Trinajstić information content (AvgIpc) is 3.18. The number of fused-ring (bicyclic) bond motifs is 2. The van der Waals surface area contributed by atoms with E-state index in [1.165, 1.54) is 19.6 Å². The van der Waals surface area contributed by atoms with Crippen molar-refractivity contribution in [1.29, 1.82) is 0 Å². The average molecular weight is 354 g/mol. The van der Waals surface area contributed by atoms with E-state index in [1.54, 1.807) is 0 Å². The van der Waals surface area contributed by atoms with Gasteiger partial charge in [-0.1, -0.05) is 18.2 Å². The molecular weight excluding hydrogens is 332 g/mol. The molecule has 1 spiro atoms. The Morgan fingerprint density at radius 2 is 2.12 bits per heavy atom. The van der Waals surface area contributed by atoms with E-state index in [-0.39, 0.29) is 23.8 Å². The Kier molecular flexibility index (Phi) is 3.06. The summed E-state index contributed by atoms with van der Waals surface area (Å²) in [5.74, 6) is -1.29. The Labute approximate surface area is 151 Å². The number of hydrogen-bond acceptors (Lipinski definition) is 6. The maximum absolute atomic E-state index is 12.8. The van der Waals surface area contributed by atoms with Crippen LogP contribution in [-0.2, 0) is 19.7 Å². The van der Waals surface area contributed by atoms with Crippen LogP contribution in [0.2, 0.25) is 0 Å². The molecule has 2 bridgehead atoms. The monoisotopic (exact) mass is 354 g/mol. The number of para-hydroxylation sites is 1. The van der Waals surface area contributed by atoms with Crippen LogP contribution in [0, 0.1) is 5.92 Å². The minimum Gasteiger partial charge on any atom is -0.466 e. The van der Waals surface area contributed by atoms with Gasteiger partial charge in [-0.15, -0.1) is 0 Å². The van der Waals surface area contributed by atoms with Gasteiger partial charge in [-0.2, -0.15) is 0 Å². The Hall–Kier alpha value is -2.18. The van der Waals surface area contributed by atoms with Gasteiger partial charge >= 0.3 is 5.97 Å². The highest BCUT2D eigenvalue weighted by atomic mass is 16.5. The van der Waals surface area contributed by atoms with Crippen LogP contribution in [0.1, 0.15) is 25.3 Å². The van der Waals surface area contributed by atoms with E-state index in [4.69, 9.17) is 4.74 Å². The summed E-state index contributed by atoms with van der Waals surface area (Å²) in [6, 6.07) is 8.32. The van der Waals surface area contributed by atoms with Gasteiger partial charge in [-0.3, -0.25) is 9.69 Å². The number of ether oxygens (including phenoxy) is 1. The summed E-state index contributed by atoms with van der Waals surface area (Å²) in [5, 5.41) is 14.7. The van der Waals surface area contributed by atoms with Gasteiger partial charge in [-0.05, 0) is 37.9 Å². The van der Waals surface area contributed by atoms with Gasteiger partial charge in [0.1, 0.15) is 5.60 Å². The maximum Gasteiger partial charge on any atom is 0.335 e. The minimum atomic E-state index is -1.56. The van der Waals surface area contributed by atoms with Crippen molar-refractivity contribution in [3.63, 3.8) is 0 Å². The van der Waals surface area contributed by atoms with Crippen molar-refractivity contribution < 1.29 is 19.4 Å². The standard InChI is InChI=1S/C20H22N2O4/c1-11(23)20(25)10-22-8-7-19-12-5-3-4-6-14(12)21-17(19)16(18(24)26-2)13(20)9-15(19)22/h3-6,13,15,21,25H,7-10H2,1-2H3/t13-,15+,19+,20-/m1/s1. The van der Waals surface area contributed by atoms with E-state index in [2.05, 4.69) is 16.3 Å². The summed E-state index contributed by atoms with van der Waals surface area (Å²) in [5.41, 5.74) is 1.64. The van der Waals surface area contributed by atoms with Crippen LogP contribution >= 0.6 is 0 Å². The highest BCUT2D eigenvalue weighted by Gasteiger charge is 2.66. The third-order valence-electron chi connectivity index (χ3n) is 7.03. The molecule has 0 amide bonds. The summed E-state index contributed by atoms with van der Waals surface area (Å²) in [4.78, 5) is 27.4. The largest absolute Gasteiger partial charge is 0.466 e. The first-order valence-corrected chi connectivity index (χ1v) is 9.10. The number of carbonyl (C=O) groups is 2. The van der Waals surface area contributed by atoms with Crippen molar-refractivity contribution in [1.82, 2.24) is 4.90 Å². The van der Waals surface area contributed by atoms with E-state index in [9.17, 15) is 14.7 Å². The van der Waals surface area contributed by atoms with Gasteiger partial charge in [-0.25, -0.2) is 4.79 Å². The molecule has 0 aromatic heterocycles. The molecule has 3 aliphatic heterocycles. The molecule has 4 aliphatic rings. The molecule has 5 rings (SSSR count). The van der Waals surface area contributed by atoms with E-state index < -0.39 is 17.5 Å². The first-order valence-electron chi connectivity index (χ1n) is 9.10. The molecule has 2 fully saturated rings. The smallest absolute Gasteiger partial charge is 0.335 e. The Morgan fingerprint density at radius 3 is 2.85 bits per heavy atom. The van der Waals surface area contributed by atoms with Crippen molar-refractivity contribution in [2.24, 2.45) is 5.92 Å². The second-order valence-electron chi connectivity index (χ2n) is 7.93. The van der Waals surface area contributed by atoms with E-state index >= 15 is 0 Å². The summed E-state index contributed by atoms with van der Waals surface area (Å²) in [6.07, 6.45) is 1.44. The van der Waals surface area contributed by atoms with Gasteiger partial charge in [0.15, 0.2) is 5.78 Å². The molecule has 26 heavy (non-hydrogen) atoms. The number of carbonyl (C=O) groups excluding carboxylic acids is 2. The van der Waals surface area contributed by atoms with Crippen molar-refractivity contribution >= 4 is 17.4 Å². The third-order valence-corrected chi connectivity index (χ3v) is 7.03. The number of aliphatic hydroxyl groups is 1. The molecule has 136 valence electrons. The number of benzene rings is 1. The molecule has 6 heteroatoms. The van der Waals surface area contributed by atoms with Gasteiger partial charge in [0, 0.05) is 29.9 Å². The van der Waals surface area contributed by atoms with E-state index in [1.807, 2.05) is 18.2 Å². The van der Waals surface area contributed by atoms with Crippen LogP contribution < -0.4 is 5.32 Å². The van der Waals surface area contributed by atoms with Crippen molar-refractivity contribution in [3.05, 3.63) is 41.1 Å². The Balaban J connectivity index is 1.82. The lowest BCUT2D eigenvalue weighted by Gasteiger charge is -2.53. The second kappa shape index (κ2) is 4.96. The SMILES string of the molecule is COC(=O)C1=C2Nc3ccccc3[C@]23CCN2C[C@@](O)(C(C)=O)[C@@H]1C[C@H]23. The zero-order valence-corrected chi connectivity index (χ0v) is 14.9. The molecule has 0 unspecified atom stereocenters. The van der Waals surface area contributed by atoms with E-state index in [0.717, 1.165) is 24.4 Å². The molecule has 1 aromatic carbocycles. The van der Waals surface area contributed by atoms with Gasteiger partial charge in [0.05, 0.1) is 18.1 Å². The lowest BCUT2D eigenvalue weighted by atomic mass is 9.59. The summed E-state index contributed by atoms with van der Waals surface area (Å²) < 4.78 is 5.09. The van der Waals surface area contributed by atoms with Crippen LogP contribution in [0.25, 0.3) is 0 Å². The first kappa shape index (κ1) is 16.0. The molecule has 6 nitrogen and oxygen atoms in total. The molecule has 4 atom stereocenters. The number of hydrogen-bond donors (Lipinski definition) is 2. The van der Waals surface area contributed by atoms with Gasteiger partial charge in [0.25, 0.3) is 0 Å². The van der Waals surface area contributed by atoms with Crippen LogP contribution in [0.15, 0.2) is 35.5 Å². The van der Waals surface area contributed by atoms with Crippen LogP contribution in [0.5, 0.6) is 0 Å². The zero-order valence-electron chi connectivity index (χ0n) is 14.9. The molecule has 3 heterocycles. The predicted octanol–water partition coefficient (Wildman–Crippen LogP) is 1.20. The third kappa shape index (κ3) is 1.65. The topological polar surface area (TPSA) is 78.9 Å². The van der Waals surface area contributed by atoms with Crippen molar-refractivity contribution in [2.75, 3.05) is 25.5 Å². The molecule has 0 radical (unpaired) electrons. The fourth-order valence-electron chi connectivity index (χ4n) is 5.85. The zero-order chi connectivity index (χ0) is 18.3. The number of rotatable bonds is 2. The first-order chi connectivity index (χ1) is 12.4. The molecule has 2 N–H and O–H groups in total.